The predicted octanol–water partition coefficient (Wildman–Crippen LogP) is 2.62. The lowest BCUT2D eigenvalue weighted by atomic mass is 10.1. The summed E-state index contributed by atoms with van der Waals surface area (Å²) in [5, 5.41) is 16.0. The molecule has 84 valence electrons. The molecule has 0 fully saturated rings. The van der Waals surface area contributed by atoms with Gasteiger partial charge < -0.3 is 0 Å². The van der Waals surface area contributed by atoms with Gasteiger partial charge in [-0.3, -0.25) is 0 Å². The summed E-state index contributed by atoms with van der Waals surface area (Å²) in [5.74, 6) is 0. The average molecular weight is 232 g/mol. The molecule has 18 heavy (non-hydrogen) atoms. The van der Waals surface area contributed by atoms with Crippen LogP contribution in [0.1, 0.15) is 11.1 Å². The van der Waals surface area contributed by atoms with E-state index >= 15 is 0 Å². The molecule has 4 nitrogen and oxygen atoms in total. The van der Waals surface area contributed by atoms with E-state index < -0.39 is 0 Å². The monoisotopic (exact) mass is 232 g/mol. The van der Waals surface area contributed by atoms with Crippen LogP contribution in [0.25, 0.3) is 34.2 Å². The number of hydrogen-bond acceptors (Lipinski definition) is 4. The van der Waals surface area contributed by atoms with Crippen molar-refractivity contribution in [3.63, 3.8) is 0 Å². The van der Waals surface area contributed by atoms with E-state index in [1.165, 1.54) is 0 Å². The summed E-state index contributed by atoms with van der Waals surface area (Å²) in [6, 6.07) is 12.2. The van der Waals surface area contributed by atoms with Crippen LogP contribution in [0.4, 0.5) is 0 Å². The van der Waals surface area contributed by atoms with E-state index in [2.05, 4.69) is 38.6 Å². The van der Waals surface area contributed by atoms with E-state index in [9.17, 15) is 0 Å². The van der Waals surface area contributed by atoms with E-state index in [4.69, 9.17) is 0 Å². The minimum Gasteiger partial charge on any atom is -0.148 e. The second-order valence-corrected chi connectivity index (χ2v) is 4.17. The molecule has 4 heteroatoms. The number of nitrogens with zero attached hydrogens (tertiary/aromatic N) is 4. The Kier molecular flexibility index (Phi) is 1.80. The number of rotatable bonds is 2. The summed E-state index contributed by atoms with van der Waals surface area (Å²) in [6.45, 7) is 0. The van der Waals surface area contributed by atoms with Gasteiger partial charge in [-0.2, -0.15) is 0 Å². The molecule has 2 aromatic heterocycles. The van der Waals surface area contributed by atoms with Crippen molar-refractivity contribution in [2.45, 2.75) is 0 Å². The molecule has 0 aliphatic carbocycles. The van der Waals surface area contributed by atoms with E-state index in [1.807, 2.05) is 30.3 Å². The second kappa shape index (κ2) is 3.43. The summed E-state index contributed by atoms with van der Waals surface area (Å²) in [6.07, 6.45) is 4.10. The van der Waals surface area contributed by atoms with Crippen molar-refractivity contribution in [3.8, 4) is 0 Å². The first kappa shape index (κ1) is 9.41. The van der Waals surface area contributed by atoms with Crippen molar-refractivity contribution in [2.75, 3.05) is 0 Å². The standard InChI is InChI=1S/C14H8N4/c1-2-4-9(5-3-1)6-7-10-8-11-13(17-15-11)14-12(10)16-18-14/h1-8H/b7-6+. The molecule has 0 saturated heterocycles. The number of benzene rings is 2. The van der Waals surface area contributed by atoms with Crippen LogP contribution in [0.2, 0.25) is 0 Å². The highest BCUT2D eigenvalue weighted by molar-refractivity contribution is 6.06. The molecular weight excluding hydrogens is 224 g/mol. The predicted molar refractivity (Wildman–Crippen MR) is 70.4 cm³/mol. The first-order valence-electron chi connectivity index (χ1n) is 5.69. The topological polar surface area (TPSA) is 51.6 Å². The number of fused-ring (bicyclic) bond motifs is 3. The van der Waals surface area contributed by atoms with Gasteiger partial charge in [-0.05, 0) is 11.6 Å². The Hall–Kier alpha value is -2.62. The Labute approximate surface area is 103 Å². The molecular formula is C14H8N4. The minimum atomic E-state index is 0.871. The molecule has 0 atom stereocenters. The van der Waals surface area contributed by atoms with Crippen molar-refractivity contribution < 1.29 is 0 Å². The summed E-state index contributed by atoms with van der Waals surface area (Å²) in [5.41, 5.74) is 5.76. The Morgan fingerprint density at radius 2 is 1.50 bits per heavy atom. The fourth-order valence-electron chi connectivity index (χ4n) is 2.02. The van der Waals surface area contributed by atoms with Gasteiger partial charge in [0.25, 0.3) is 0 Å². The lowest BCUT2D eigenvalue weighted by Gasteiger charge is -2.07. The molecule has 4 aromatic rings. The van der Waals surface area contributed by atoms with Crippen LogP contribution < -0.4 is 0 Å². The fraction of sp³-hybridized carbons (Fsp3) is 0. The van der Waals surface area contributed by atoms with Gasteiger partial charge in [-0.15, -0.1) is 20.4 Å². The number of hydrogen-bond donors (Lipinski definition) is 0. The summed E-state index contributed by atoms with van der Waals surface area (Å²) >= 11 is 0. The molecule has 0 spiro atoms. The maximum absolute atomic E-state index is 4.05. The van der Waals surface area contributed by atoms with E-state index in [-0.39, 0.29) is 0 Å². The van der Waals surface area contributed by atoms with Crippen molar-refractivity contribution in [3.05, 3.63) is 47.5 Å². The third kappa shape index (κ3) is 1.26. The Balaban J connectivity index is 1.80. The molecule has 0 aliphatic rings. The molecule has 0 unspecified atom stereocenters. The molecule has 2 aromatic carbocycles. The highest BCUT2D eigenvalue weighted by atomic mass is 15.2. The van der Waals surface area contributed by atoms with Gasteiger partial charge >= 0.3 is 0 Å². The highest BCUT2D eigenvalue weighted by Gasteiger charge is 2.15. The Morgan fingerprint density at radius 3 is 2.17 bits per heavy atom. The zero-order valence-corrected chi connectivity index (χ0v) is 9.41. The third-order valence-electron chi connectivity index (χ3n) is 3.02. The Bertz CT molecular complexity index is 823. The fourth-order valence-corrected chi connectivity index (χ4v) is 2.02. The van der Waals surface area contributed by atoms with Gasteiger partial charge in [0.05, 0.1) is 0 Å². The molecule has 0 N–H and O–H groups in total. The van der Waals surface area contributed by atoms with Gasteiger partial charge in [0.15, 0.2) is 0 Å². The van der Waals surface area contributed by atoms with Gasteiger partial charge in [-0.25, -0.2) is 0 Å². The molecule has 0 bridgehead atoms. The molecule has 0 amide bonds. The summed E-state index contributed by atoms with van der Waals surface area (Å²) in [7, 11) is 0. The second-order valence-electron chi connectivity index (χ2n) is 4.17. The van der Waals surface area contributed by atoms with Gasteiger partial charge in [0.1, 0.15) is 22.1 Å². The number of aromatic nitrogens is 4. The minimum absolute atomic E-state index is 0.871. The van der Waals surface area contributed by atoms with Crippen molar-refractivity contribution in [2.24, 2.45) is 0 Å². The van der Waals surface area contributed by atoms with Crippen LogP contribution in [0.3, 0.4) is 0 Å². The van der Waals surface area contributed by atoms with Crippen molar-refractivity contribution >= 4 is 34.2 Å². The summed E-state index contributed by atoms with van der Waals surface area (Å²) < 4.78 is 0. The third-order valence-corrected chi connectivity index (χ3v) is 3.02. The highest BCUT2D eigenvalue weighted by Crippen LogP contribution is 2.27. The van der Waals surface area contributed by atoms with Gasteiger partial charge in [0.2, 0.25) is 0 Å². The van der Waals surface area contributed by atoms with Crippen molar-refractivity contribution in [1.82, 2.24) is 20.4 Å². The maximum atomic E-state index is 4.05. The van der Waals surface area contributed by atoms with E-state index in [0.29, 0.717) is 0 Å². The van der Waals surface area contributed by atoms with Crippen molar-refractivity contribution in [1.29, 1.82) is 0 Å². The first-order valence-corrected chi connectivity index (χ1v) is 5.69. The molecule has 4 rings (SSSR count). The first-order chi connectivity index (χ1) is 8.92. The van der Waals surface area contributed by atoms with Crippen LogP contribution in [0.15, 0.2) is 36.4 Å². The van der Waals surface area contributed by atoms with Crippen LogP contribution in [0, 0.1) is 0 Å². The molecule has 2 heterocycles. The quantitative estimate of drug-likeness (QED) is 0.498. The van der Waals surface area contributed by atoms with Gasteiger partial charge in [-0.1, -0.05) is 42.5 Å². The zero-order valence-electron chi connectivity index (χ0n) is 9.41. The molecule has 0 saturated carbocycles. The molecule has 0 radical (unpaired) electrons. The van der Waals surface area contributed by atoms with Crippen LogP contribution in [0.5, 0.6) is 0 Å². The SMILES string of the molecule is C(=C\c1cc2nnc2c2nnc12)/c1ccccc1. The van der Waals surface area contributed by atoms with Crippen LogP contribution in [-0.2, 0) is 0 Å². The lowest BCUT2D eigenvalue weighted by molar-refractivity contribution is 1.03. The van der Waals surface area contributed by atoms with Crippen LogP contribution in [-0.4, -0.2) is 20.4 Å². The lowest BCUT2D eigenvalue weighted by Crippen LogP contribution is -2.01. The van der Waals surface area contributed by atoms with E-state index in [0.717, 1.165) is 33.2 Å². The smallest absolute Gasteiger partial charge is 0.144 e. The van der Waals surface area contributed by atoms with Gasteiger partial charge in [0, 0.05) is 5.56 Å². The zero-order chi connectivity index (χ0) is 11.9. The van der Waals surface area contributed by atoms with Crippen LogP contribution >= 0.6 is 0 Å². The average Bonchev–Trinajstić information content (AvgIpc) is 2.36. The Morgan fingerprint density at radius 1 is 0.722 bits per heavy atom. The van der Waals surface area contributed by atoms with E-state index in [1.54, 1.807) is 0 Å². The summed E-state index contributed by atoms with van der Waals surface area (Å²) in [4.78, 5) is 0. The molecule has 0 aliphatic heterocycles. The largest absolute Gasteiger partial charge is 0.148 e. The maximum Gasteiger partial charge on any atom is 0.144 e. The normalized spacial score (nSPS) is 12.2.